The fourth-order valence-electron chi connectivity index (χ4n) is 2.43. The van der Waals surface area contributed by atoms with Gasteiger partial charge >= 0.3 is 5.97 Å². The molecule has 6 heteroatoms. The fraction of sp³-hybridized carbons (Fsp3) is 0.600. The molecule has 0 saturated heterocycles. The zero-order chi connectivity index (χ0) is 15.6. The summed E-state index contributed by atoms with van der Waals surface area (Å²) in [6.07, 6.45) is 3.50. The number of ether oxygens (including phenoxy) is 1. The number of thioether (sulfide) groups is 1. The SMILES string of the molecule is CCC(Sc1ncc2c(n1)CC(C)(C)CC2=O)C(=O)OC. The molecule has 1 heterocycles. The molecule has 21 heavy (non-hydrogen) atoms. The summed E-state index contributed by atoms with van der Waals surface area (Å²) in [5, 5.41) is 0.205. The second-order valence-electron chi connectivity index (χ2n) is 5.99. The Balaban J connectivity index is 2.25. The monoisotopic (exact) mass is 308 g/mol. The maximum Gasteiger partial charge on any atom is 0.319 e. The molecule has 0 N–H and O–H groups in total. The number of carbonyl (C=O) groups excluding carboxylic acids is 2. The number of carbonyl (C=O) groups is 2. The molecule has 1 aromatic heterocycles. The van der Waals surface area contributed by atoms with Gasteiger partial charge in [-0.2, -0.15) is 0 Å². The summed E-state index contributed by atoms with van der Waals surface area (Å²) in [6.45, 7) is 6.04. The molecule has 1 atom stereocenters. The van der Waals surface area contributed by atoms with Gasteiger partial charge in [-0.1, -0.05) is 32.5 Å². The number of hydrogen-bond acceptors (Lipinski definition) is 6. The van der Waals surface area contributed by atoms with Gasteiger partial charge in [-0.3, -0.25) is 9.59 Å². The van der Waals surface area contributed by atoms with Crippen LogP contribution in [0.25, 0.3) is 0 Å². The maximum absolute atomic E-state index is 12.1. The van der Waals surface area contributed by atoms with Crippen LogP contribution in [0.3, 0.4) is 0 Å². The van der Waals surface area contributed by atoms with Gasteiger partial charge in [-0.05, 0) is 18.3 Å². The summed E-state index contributed by atoms with van der Waals surface area (Å²) in [6, 6.07) is 0. The van der Waals surface area contributed by atoms with Gasteiger partial charge in [0.05, 0.1) is 18.4 Å². The Morgan fingerprint density at radius 1 is 1.48 bits per heavy atom. The molecule has 0 aliphatic heterocycles. The average molecular weight is 308 g/mol. The number of Topliss-reactive ketones (excluding diaryl/α,β-unsaturated/α-hetero) is 1. The number of methoxy groups -OCH3 is 1. The first-order valence-corrected chi connectivity index (χ1v) is 7.88. The lowest BCUT2D eigenvalue weighted by Crippen LogP contribution is -2.28. The number of nitrogens with zero attached hydrogens (tertiary/aromatic N) is 2. The van der Waals surface area contributed by atoms with Crippen LogP contribution in [0, 0.1) is 5.41 Å². The third-order valence-electron chi connectivity index (χ3n) is 3.51. The van der Waals surface area contributed by atoms with Crippen molar-refractivity contribution >= 4 is 23.5 Å². The van der Waals surface area contributed by atoms with E-state index in [0.29, 0.717) is 23.6 Å². The summed E-state index contributed by atoms with van der Waals surface area (Å²) in [5.74, 6) is -0.182. The average Bonchev–Trinajstić information content (AvgIpc) is 2.42. The molecule has 2 rings (SSSR count). The molecule has 0 radical (unpaired) electrons. The molecule has 0 bridgehead atoms. The van der Waals surface area contributed by atoms with E-state index in [0.717, 1.165) is 12.1 Å². The third-order valence-corrected chi connectivity index (χ3v) is 4.73. The van der Waals surface area contributed by atoms with Crippen LogP contribution in [0.5, 0.6) is 0 Å². The van der Waals surface area contributed by atoms with Gasteiger partial charge in [0.1, 0.15) is 5.25 Å². The fourth-order valence-corrected chi connectivity index (χ4v) is 3.32. The standard InChI is InChI=1S/C15H20N2O3S/c1-5-12(13(19)20-4)21-14-16-8-9-10(17-14)6-15(2,3)7-11(9)18/h8,12H,5-7H2,1-4H3. The van der Waals surface area contributed by atoms with Crippen molar-refractivity contribution in [3.05, 3.63) is 17.5 Å². The zero-order valence-electron chi connectivity index (χ0n) is 12.8. The van der Waals surface area contributed by atoms with Gasteiger partial charge in [0.2, 0.25) is 0 Å². The molecule has 1 unspecified atom stereocenters. The van der Waals surface area contributed by atoms with Crippen LogP contribution in [-0.2, 0) is 16.0 Å². The van der Waals surface area contributed by atoms with Gasteiger partial charge in [0.25, 0.3) is 0 Å². The smallest absolute Gasteiger partial charge is 0.319 e. The van der Waals surface area contributed by atoms with Gasteiger partial charge in [-0.25, -0.2) is 9.97 Å². The van der Waals surface area contributed by atoms with E-state index in [1.807, 2.05) is 6.92 Å². The molecule has 1 aliphatic rings. The van der Waals surface area contributed by atoms with Crippen LogP contribution in [0.2, 0.25) is 0 Å². The van der Waals surface area contributed by atoms with Crippen LogP contribution in [0.15, 0.2) is 11.4 Å². The predicted molar refractivity (Wildman–Crippen MR) is 80.4 cm³/mol. The zero-order valence-corrected chi connectivity index (χ0v) is 13.6. The molecule has 1 aliphatic carbocycles. The molecule has 5 nitrogen and oxygen atoms in total. The Kier molecular flexibility index (Phi) is 4.66. The maximum atomic E-state index is 12.1. The highest BCUT2D eigenvalue weighted by Crippen LogP contribution is 2.34. The first kappa shape index (κ1) is 15.9. The van der Waals surface area contributed by atoms with E-state index in [9.17, 15) is 9.59 Å². The quantitative estimate of drug-likeness (QED) is 0.484. The molecule has 114 valence electrons. The van der Waals surface area contributed by atoms with Gasteiger partial charge < -0.3 is 4.74 Å². The minimum atomic E-state index is -0.319. The van der Waals surface area contributed by atoms with E-state index >= 15 is 0 Å². The third kappa shape index (κ3) is 3.61. The minimum absolute atomic E-state index is 0.0765. The molecular formula is C15H20N2O3S. The summed E-state index contributed by atoms with van der Waals surface area (Å²) < 4.78 is 4.77. The number of hydrogen-bond donors (Lipinski definition) is 0. The Hall–Kier alpha value is -1.43. The highest BCUT2D eigenvalue weighted by molar-refractivity contribution is 8.00. The van der Waals surface area contributed by atoms with Crippen molar-refractivity contribution in [2.75, 3.05) is 7.11 Å². The van der Waals surface area contributed by atoms with Gasteiger partial charge in [0.15, 0.2) is 10.9 Å². The molecule has 0 aromatic carbocycles. The van der Waals surface area contributed by atoms with Gasteiger partial charge in [-0.15, -0.1) is 0 Å². The topological polar surface area (TPSA) is 69.2 Å². The Labute approximate surface area is 128 Å². The second kappa shape index (κ2) is 6.13. The van der Waals surface area contributed by atoms with E-state index in [1.54, 1.807) is 6.20 Å². The number of ketones is 1. The second-order valence-corrected chi connectivity index (χ2v) is 7.16. The van der Waals surface area contributed by atoms with Crippen LogP contribution in [0.4, 0.5) is 0 Å². The van der Waals surface area contributed by atoms with Crippen molar-refractivity contribution in [1.29, 1.82) is 0 Å². The van der Waals surface area contributed by atoms with Crippen LogP contribution in [-0.4, -0.2) is 34.1 Å². The lowest BCUT2D eigenvalue weighted by atomic mass is 9.76. The van der Waals surface area contributed by atoms with Crippen molar-refractivity contribution in [1.82, 2.24) is 9.97 Å². The Morgan fingerprint density at radius 2 is 2.19 bits per heavy atom. The van der Waals surface area contributed by atoms with E-state index < -0.39 is 0 Å². The summed E-state index contributed by atoms with van der Waals surface area (Å²) in [7, 11) is 1.38. The first-order chi connectivity index (χ1) is 9.86. The lowest BCUT2D eigenvalue weighted by Gasteiger charge is -2.29. The van der Waals surface area contributed by atoms with E-state index in [1.165, 1.54) is 18.9 Å². The predicted octanol–water partition coefficient (Wildman–Crippen LogP) is 2.68. The van der Waals surface area contributed by atoms with Crippen LogP contribution >= 0.6 is 11.8 Å². The van der Waals surface area contributed by atoms with Crippen molar-refractivity contribution < 1.29 is 14.3 Å². The summed E-state index contributed by atoms with van der Waals surface area (Å²) in [4.78, 5) is 32.4. The number of fused-ring (bicyclic) bond motifs is 1. The number of rotatable bonds is 4. The van der Waals surface area contributed by atoms with Crippen molar-refractivity contribution in [2.45, 2.75) is 50.4 Å². The lowest BCUT2D eigenvalue weighted by molar-refractivity contribution is -0.140. The van der Waals surface area contributed by atoms with E-state index in [4.69, 9.17) is 4.74 Å². The molecule has 0 spiro atoms. The van der Waals surface area contributed by atoms with Crippen LogP contribution < -0.4 is 0 Å². The van der Waals surface area contributed by atoms with Crippen molar-refractivity contribution in [2.24, 2.45) is 5.41 Å². The Bertz CT molecular complexity index is 572. The summed E-state index contributed by atoms with van der Waals surface area (Å²) >= 11 is 1.29. The molecule has 0 saturated carbocycles. The van der Waals surface area contributed by atoms with Crippen LogP contribution in [0.1, 0.15) is 49.7 Å². The number of aromatic nitrogens is 2. The minimum Gasteiger partial charge on any atom is -0.468 e. The van der Waals surface area contributed by atoms with Gasteiger partial charge in [0, 0.05) is 12.6 Å². The van der Waals surface area contributed by atoms with Crippen molar-refractivity contribution in [3.8, 4) is 0 Å². The Morgan fingerprint density at radius 3 is 2.81 bits per heavy atom. The molecular weight excluding hydrogens is 288 g/mol. The van der Waals surface area contributed by atoms with E-state index in [-0.39, 0.29) is 22.4 Å². The highest BCUT2D eigenvalue weighted by atomic mass is 32.2. The molecule has 1 aromatic rings. The van der Waals surface area contributed by atoms with E-state index in [2.05, 4.69) is 23.8 Å². The normalized spacial score (nSPS) is 18.0. The van der Waals surface area contributed by atoms with Crippen molar-refractivity contribution in [3.63, 3.8) is 0 Å². The number of esters is 1. The highest BCUT2D eigenvalue weighted by Gasteiger charge is 2.32. The molecule has 0 fully saturated rings. The first-order valence-electron chi connectivity index (χ1n) is 7.00. The summed E-state index contributed by atoms with van der Waals surface area (Å²) in [5.41, 5.74) is 1.32. The molecule has 0 amide bonds. The largest absolute Gasteiger partial charge is 0.468 e.